The SMILES string of the molecule is CNCCCCCC1C(Br)CC(C(=O)N[C@@H](Cc2ccccc2)C(=O)OC)C(O)C1Br. The number of hydrogen-bond donors (Lipinski definition) is 3. The normalized spacial score (nSPS) is 26.8. The van der Waals surface area contributed by atoms with Gasteiger partial charge in [0.25, 0.3) is 0 Å². The lowest BCUT2D eigenvalue weighted by Crippen LogP contribution is -2.54. The number of carbonyl (C=O) groups excluding carboxylic acids is 2. The summed E-state index contributed by atoms with van der Waals surface area (Å²) in [4.78, 5) is 25.2. The van der Waals surface area contributed by atoms with E-state index in [0.717, 1.165) is 37.8 Å². The van der Waals surface area contributed by atoms with Gasteiger partial charge in [0, 0.05) is 16.1 Å². The molecule has 0 spiro atoms. The smallest absolute Gasteiger partial charge is 0.328 e. The van der Waals surface area contributed by atoms with Crippen LogP contribution in [0.5, 0.6) is 0 Å². The first kappa shape index (κ1) is 26.3. The Morgan fingerprint density at radius 3 is 2.55 bits per heavy atom. The average molecular weight is 562 g/mol. The van der Waals surface area contributed by atoms with Crippen molar-refractivity contribution in [3.8, 4) is 0 Å². The molecule has 0 heterocycles. The van der Waals surface area contributed by atoms with Gasteiger partial charge in [-0.15, -0.1) is 0 Å². The molecule has 0 saturated heterocycles. The molecule has 1 amide bonds. The molecule has 8 heteroatoms. The lowest BCUT2D eigenvalue weighted by Gasteiger charge is -2.40. The molecule has 1 fully saturated rings. The number of hydrogen-bond acceptors (Lipinski definition) is 5. The standard InChI is InChI=1S/C23H34Br2N2O4/c1-26-12-8-4-7-11-16-18(24)14-17(21(28)20(16)25)22(29)27-19(23(30)31-2)13-15-9-5-3-6-10-15/h3,5-6,9-10,16-21,26,28H,4,7-8,11-14H2,1-2H3,(H,27,29)/t16?,17?,18?,19-,20?,21?/m0/s1. The minimum Gasteiger partial charge on any atom is -0.467 e. The number of alkyl halides is 2. The van der Waals surface area contributed by atoms with Crippen molar-refractivity contribution in [1.82, 2.24) is 10.6 Å². The van der Waals surface area contributed by atoms with Gasteiger partial charge in [-0.25, -0.2) is 4.79 Å². The van der Waals surface area contributed by atoms with Gasteiger partial charge in [0.1, 0.15) is 6.04 Å². The maximum absolute atomic E-state index is 13.0. The number of rotatable bonds is 11. The molecule has 3 N–H and O–H groups in total. The zero-order valence-electron chi connectivity index (χ0n) is 18.2. The highest BCUT2D eigenvalue weighted by atomic mass is 79.9. The molecule has 1 aromatic rings. The second kappa shape index (κ2) is 13.6. The van der Waals surface area contributed by atoms with E-state index in [1.165, 1.54) is 7.11 Å². The van der Waals surface area contributed by atoms with Crippen LogP contribution in [0.1, 0.15) is 37.7 Å². The third-order valence-electron chi connectivity index (χ3n) is 5.98. The van der Waals surface area contributed by atoms with Gasteiger partial charge >= 0.3 is 5.97 Å². The predicted octanol–water partition coefficient (Wildman–Crippen LogP) is 3.19. The summed E-state index contributed by atoms with van der Waals surface area (Å²) < 4.78 is 4.89. The number of carbonyl (C=O) groups is 2. The molecule has 1 aliphatic rings. The Morgan fingerprint density at radius 2 is 1.90 bits per heavy atom. The first-order chi connectivity index (χ1) is 14.9. The molecule has 6 nitrogen and oxygen atoms in total. The lowest BCUT2D eigenvalue weighted by molar-refractivity contribution is -0.146. The van der Waals surface area contributed by atoms with Crippen molar-refractivity contribution in [2.24, 2.45) is 11.8 Å². The summed E-state index contributed by atoms with van der Waals surface area (Å²) in [5.74, 6) is -1.17. The molecule has 2 rings (SSSR count). The number of amides is 1. The summed E-state index contributed by atoms with van der Waals surface area (Å²) in [7, 11) is 3.27. The van der Waals surface area contributed by atoms with Crippen LogP contribution in [0.3, 0.4) is 0 Å². The van der Waals surface area contributed by atoms with Gasteiger partial charge in [0.15, 0.2) is 0 Å². The van der Waals surface area contributed by atoms with Crippen LogP contribution >= 0.6 is 31.9 Å². The van der Waals surface area contributed by atoms with Crippen LogP contribution < -0.4 is 10.6 Å². The van der Waals surface area contributed by atoms with Gasteiger partial charge in [-0.05, 0) is 44.3 Å². The van der Waals surface area contributed by atoms with E-state index in [9.17, 15) is 14.7 Å². The van der Waals surface area contributed by atoms with Crippen LogP contribution in [0, 0.1) is 11.8 Å². The third-order valence-corrected chi connectivity index (χ3v) is 8.25. The van der Waals surface area contributed by atoms with Gasteiger partial charge in [-0.2, -0.15) is 0 Å². The van der Waals surface area contributed by atoms with E-state index < -0.39 is 24.0 Å². The van der Waals surface area contributed by atoms with Crippen molar-refractivity contribution >= 4 is 43.7 Å². The van der Waals surface area contributed by atoms with Gasteiger partial charge in [0.05, 0.1) is 19.1 Å². The molecule has 0 aliphatic heterocycles. The third kappa shape index (κ3) is 7.84. The summed E-state index contributed by atoms with van der Waals surface area (Å²) in [5.41, 5.74) is 0.928. The van der Waals surface area contributed by atoms with E-state index in [2.05, 4.69) is 42.5 Å². The minimum atomic E-state index is -0.814. The van der Waals surface area contributed by atoms with Crippen LogP contribution in [0.2, 0.25) is 0 Å². The number of unbranched alkanes of at least 4 members (excludes halogenated alkanes) is 2. The van der Waals surface area contributed by atoms with Crippen LogP contribution in [0.15, 0.2) is 30.3 Å². The molecule has 31 heavy (non-hydrogen) atoms. The highest BCUT2D eigenvalue weighted by Crippen LogP contribution is 2.41. The number of ether oxygens (including phenoxy) is 1. The zero-order valence-corrected chi connectivity index (χ0v) is 21.4. The van der Waals surface area contributed by atoms with E-state index in [1.807, 2.05) is 37.4 Å². The van der Waals surface area contributed by atoms with Crippen LogP contribution in [-0.4, -0.2) is 59.5 Å². The second-order valence-corrected chi connectivity index (χ2v) is 10.4. The molecule has 0 radical (unpaired) electrons. The van der Waals surface area contributed by atoms with Crippen molar-refractivity contribution in [2.75, 3.05) is 20.7 Å². The number of nitrogens with one attached hydrogen (secondary N) is 2. The Morgan fingerprint density at radius 1 is 1.19 bits per heavy atom. The molecular weight excluding hydrogens is 528 g/mol. The first-order valence-electron chi connectivity index (χ1n) is 10.9. The van der Waals surface area contributed by atoms with Gasteiger partial charge in [0.2, 0.25) is 5.91 Å². The molecule has 0 bridgehead atoms. The highest BCUT2D eigenvalue weighted by Gasteiger charge is 2.45. The zero-order chi connectivity index (χ0) is 22.8. The topological polar surface area (TPSA) is 87.7 Å². The second-order valence-electron chi connectivity index (χ2n) is 8.18. The van der Waals surface area contributed by atoms with Crippen molar-refractivity contribution in [2.45, 2.75) is 60.3 Å². The first-order valence-corrected chi connectivity index (χ1v) is 12.7. The number of halogens is 2. The number of benzene rings is 1. The van der Waals surface area contributed by atoms with Crippen molar-refractivity contribution in [1.29, 1.82) is 0 Å². The Hall–Kier alpha value is -0.960. The minimum absolute atomic E-state index is 0.117. The number of methoxy groups -OCH3 is 1. The fourth-order valence-electron chi connectivity index (χ4n) is 4.16. The number of aliphatic hydroxyl groups is 1. The fourth-order valence-corrected chi connectivity index (χ4v) is 6.56. The molecular formula is C23H34Br2N2O4. The Balaban J connectivity index is 1.97. The summed E-state index contributed by atoms with van der Waals surface area (Å²) in [6.45, 7) is 1.01. The molecule has 1 saturated carbocycles. The Bertz CT molecular complexity index is 691. The van der Waals surface area contributed by atoms with Crippen molar-refractivity contribution in [3.63, 3.8) is 0 Å². The molecule has 5 unspecified atom stereocenters. The van der Waals surface area contributed by atoms with Crippen molar-refractivity contribution < 1.29 is 19.4 Å². The van der Waals surface area contributed by atoms with Crippen molar-refractivity contribution in [3.05, 3.63) is 35.9 Å². The van der Waals surface area contributed by atoms with E-state index >= 15 is 0 Å². The maximum Gasteiger partial charge on any atom is 0.328 e. The van der Waals surface area contributed by atoms with Crippen LogP contribution in [0.25, 0.3) is 0 Å². The number of esters is 1. The summed E-state index contributed by atoms with van der Waals surface area (Å²) in [5, 5.41) is 16.9. The number of aliphatic hydroxyl groups excluding tert-OH is 1. The summed E-state index contributed by atoms with van der Waals surface area (Å²) in [6.07, 6.45) is 4.39. The summed E-state index contributed by atoms with van der Waals surface area (Å²) >= 11 is 7.40. The van der Waals surface area contributed by atoms with Gasteiger partial charge in [-0.1, -0.05) is 75.0 Å². The van der Waals surface area contributed by atoms with E-state index in [4.69, 9.17) is 4.74 Å². The Kier molecular flexibility index (Phi) is 11.5. The molecule has 0 aromatic heterocycles. The Labute approximate surface area is 202 Å². The van der Waals surface area contributed by atoms with E-state index in [0.29, 0.717) is 12.8 Å². The maximum atomic E-state index is 13.0. The quantitative estimate of drug-likeness (QED) is 0.219. The lowest BCUT2D eigenvalue weighted by atomic mass is 9.77. The monoisotopic (exact) mass is 560 g/mol. The molecule has 1 aromatic carbocycles. The van der Waals surface area contributed by atoms with Crippen LogP contribution in [-0.2, 0) is 20.7 Å². The van der Waals surface area contributed by atoms with Gasteiger partial charge in [-0.3, -0.25) is 4.79 Å². The predicted molar refractivity (Wildman–Crippen MR) is 130 cm³/mol. The van der Waals surface area contributed by atoms with E-state index in [-0.39, 0.29) is 21.5 Å². The highest BCUT2D eigenvalue weighted by molar-refractivity contribution is 9.10. The summed E-state index contributed by atoms with van der Waals surface area (Å²) in [6, 6.07) is 8.69. The van der Waals surface area contributed by atoms with Crippen LogP contribution in [0.4, 0.5) is 0 Å². The van der Waals surface area contributed by atoms with Gasteiger partial charge < -0.3 is 20.5 Å². The molecule has 6 atom stereocenters. The molecule has 1 aliphatic carbocycles. The average Bonchev–Trinajstić information content (AvgIpc) is 2.77. The largest absolute Gasteiger partial charge is 0.467 e. The molecule has 174 valence electrons. The van der Waals surface area contributed by atoms with E-state index in [1.54, 1.807) is 0 Å². The fraction of sp³-hybridized carbons (Fsp3) is 0.652.